The number of ether oxygens (including phenoxy) is 4. The zero-order chi connectivity index (χ0) is 38.4. The molecule has 2 aliphatic rings. The highest BCUT2D eigenvalue weighted by atomic mass is 16.6. The summed E-state index contributed by atoms with van der Waals surface area (Å²) >= 11 is 0. The van der Waals surface area contributed by atoms with Gasteiger partial charge in [0.2, 0.25) is 0 Å². The summed E-state index contributed by atoms with van der Waals surface area (Å²) in [5, 5.41) is 8.36. The van der Waals surface area contributed by atoms with Crippen molar-refractivity contribution in [1.82, 2.24) is 29.9 Å². The number of amides is 2. The fraction of sp³-hybridized carbons (Fsp3) is 0.605. The van der Waals surface area contributed by atoms with E-state index in [0.717, 1.165) is 31.6 Å². The summed E-state index contributed by atoms with van der Waals surface area (Å²) in [6.45, 7) is 18.9. The number of nitrogens with one attached hydrogen (secondary N) is 1. The van der Waals surface area contributed by atoms with Crippen LogP contribution in [-0.4, -0.2) is 121 Å². The Balaban J connectivity index is 0.00000297. The molecular formula is C38H57N7O7. The number of methoxy groups -OCH3 is 1. The van der Waals surface area contributed by atoms with Crippen LogP contribution in [-0.2, 0) is 14.3 Å². The van der Waals surface area contributed by atoms with Crippen LogP contribution in [0.1, 0.15) is 77.5 Å². The Morgan fingerprint density at radius 2 is 1.71 bits per heavy atom. The quantitative estimate of drug-likeness (QED) is 0.275. The molecule has 2 amide bonds. The third kappa shape index (κ3) is 9.51. The van der Waals surface area contributed by atoms with Crippen molar-refractivity contribution >= 4 is 34.6 Å². The molecule has 14 heteroatoms. The second-order valence-corrected chi connectivity index (χ2v) is 14.8. The van der Waals surface area contributed by atoms with Gasteiger partial charge in [-0.1, -0.05) is 13.8 Å². The molecule has 1 saturated heterocycles. The zero-order valence-electron chi connectivity index (χ0n) is 32.8. The predicted molar refractivity (Wildman–Crippen MR) is 201 cm³/mol. The van der Waals surface area contributed by atoms with Crippen LogP contribution < -0.4 is 19.7 Å². The van der Waals surface area contributed by atoms with E-state index >= 15 is 0 Å². The molecule has 52 heavy (non-hydrogen) atoms. The minimum atomic E-state index is -0.660. The Morgan fingerprint density at radius 1 is 1.02 bits per heavy atom. The molecule has 14 nitrogen and oxygen atoms in total. The summed E-state index contributed by atoms with van der Waals surface area (Å²) in [6.07, 6.45) is 2.61. The summed E-state index contributed by atoms with van der Waals surface area (Å²) in [5.41, 5.74) is 1.83. The van der Waals surface area contributed by atoms with Gasteiger partial charge in [0, 0.05) is 42.7 Å². The van der Waals surface area contributed by atoms with Crippen molar-refractivity contribution in [2.75, 3.05) is 72.0 Å². The minimum Gasteiger partial charge on any atom is -0.494 e. The molecule has 0 aliphatic carbocycles. The fourth-order valence-corrected chi connectivity index (χ4v) is 5.83. The van der Waals surface area contributed by atoms with Crippen LogP contribution in [0.2, 0.25) is 0 Å². The first-order valence-electron chi connectivity index (χ1n) is 18.1. The topological polar surface area (TPSA) is 141 Å². The molecule has 2 aromatic heterocycles. The lowest BCUT2D eigenvalue weighted by Crippen LogP contribution is -2.45. The van der Waals surface area contributed by atoms with Crippen LogP contribution in [0.4, 0.5) is 10.5 Å². The average Bonchev–Trinajstić information content (AvgIpc) is 3.48. The van der Waals surface area contributed by atoms with Crippen LogP contribution in [0.15, 0.2) is 24.4 Å². The standard InChI is InChI=1S/C36H51N7O7.C2H6/c1-23-18-26-25(21-38-23)31(32(44)37-12-15-41-13-10-24(11-14-41)33(45)49-22-36(5,6)40(7)8)39-43(26)28-20-30-27(19-29(28)47-9)42(16-17-48-30)34(46)50-35(2,3)4;1-2/h18-21,24H,10-17,22H2,1-9H3,(H,37,44);1-2H3. The molecule has 0 radical (unpaired) electrons. The molecule has 0 unspecified atom stereocenters. The highest BCUT2D eigenvalue weighted by Gasteiger charge is 2.32. The molecular weight excluding hydrogens is 666 g/mol. The highest BCUT2D eigenvalue weighted by Crippen LogP contribution is 2.41. The fourth-order valence-electron chi connectivity index (χ4n) is 5.83. The maximum atomic E-state index is 13.6. The van der Waals surface area contributed by atoms with Crippen LogP contribution in [0.5, 0.6) is 11.5 Å². The summed E-state index contributed by atoms with van der Waals surface area (Å²) in [6, 6.07) is 5.35. The molecule has 0 bridgehead atoms. The number of rotatable bonds is 10. The van der Waals surface area contributed by atoms with Crippen molar-refractivity contribution in [3.05, 3.63) is 35.8 Å². The van der Waals surface area contributed by atoms with Crippen molar-refractivity contribution < 1.29 is 33.3 Å². The minimum absolute atomic E-state index is 0.114. The van der Waals surface area contributed by atoms with E-state index < -0.39 is 11.7 Å². The smallest absolute Gasteiger partial charge is 0.415 e. The van der Waals surface area contributed by atoms with Gasteiger partial charge in [0.15, 0.2) is 5.69 Å². The largest absolute Gasteiger partial charge is 0.494 e. The maximum absolute atomic E-state index is 13.6. The number of likely N-dealkylation sites (N-methyl/N-ethyl adjacent to an activating group) is 1. The van der Waals surface area contributed by atoms with E-state index in [1.165, 1.54) is 12.0 Å². The van der Waals surface area contributed by atoms with Crippen LogP contribution in [0.25, 0.3) is 16.6 Å². The second kappa shape index (κ2) is 16.9. The lowest BCUT2D eigenvalue weighted by molar-refractivity contribution is -0.153. The van der Waals surface area contributed by atoms with Crippen molar-refractivity contribution in [2.45, 2.75) is 79.4 Å². The van der Waals surface area contributed by atoms with E-state index in [9.17, 15) is 14.4 Å². The van der Waals surface area contributed by atoms with E-state index in [4.69, 9.17) is 24.0 Å². The van der Waals surface area contributed by atoms with Gasteiger partial charge >= 0.3 is 12.1 Å². The number of carbonyl (C=O) groups excluding carboxylic acids is 3. The molecule has 5 rings (SSSR count). The number of likely N-dealkylation sites (tertiary alicyclic amines) is 1. The number of aryl methyl sites for hydroxylation is 1. The summed E-state index contributed by atoms with van der Waals surface area (Å²) in [7, 11) is 5.49. The van der Waals surface area contributed by atoms with Crippen molar-refractivity contribution in [2.24, 2.45) is 5.92 Å². The Kier molecular flexibility index (Phi) is 13.1. The first-order chi connectivity index (χ1) is 24.6. The Morgan fingerprint density at radius 3 is 2.35 bits per heavy atom. The number of pyridine rings is 1. The highest BCUT2D eigenvalue weighted by molar-refractivity contribution is 6.05. The van der Waals surface area contributed by atoms with E-state index in [1.807, 2.05) is 80.5 Å². The van der Waals surface area contributed by atoms with Crippen LogP contribution in [0.3, 0.4) is 0 Å². The zero-order valence-corrected chi connectivity index (χ0v) is 32.8. The number of hydrogen-bond donors (Lipinski definition) is 1. The van der Waals surface area contributed by atoms with E-state index in [0.29, 0.717) is 60.0 Å². The molecule has 1 aromatic carbocycles. The molecule has 286 valence electrons. The lowest BCUT2D eigenvalue weighted by atomic mass is 9.97. The van der Waals surface area contributed by atoms with Gasteiger partial charge in [-0.05, 0) is 87.6 Å². The molecule has 2 aliphatic heterocycles. The lowest BCUT2D eigenvalue weighted by Gasteiger charge is -2.34. The van der Waals surface area contributed by atoms with Gasteiger partial charge in [-0.15, -0.1) is 0 Å². The monoisotopic (exact) mass is 723 g/mol. The number of fused-ring (bicyclic) bond motifs is 2. The number of piperidine rings is 1. The number of benzene rings is 1. The molecule has 3 aromatic rings. The van der Waals surface area contributed by atoms with Crippen molar-refractivity contribution in [3.8, 4) is 17.2 Å². The van der Waals surface area contributed by atoms with E-state index in [-0.39, 0.29) is 35.6 Å². The Labute approximate surface area is 307 Å². The van der Waals surface area contributed by atoms with Gasteiger partial charge in [-0.25, -0.2) is 9.48 Å². The first kappa shape index (κ1) is 40.3. The van der Waals surface area contributed by atoms with Crippen molar-refractivity contribution in [3.63, 3.8) is 0 Å². The van der Waals surface area contributed by atoms with Gasteiger partial charge in [0.05, 0.1) is 36.2 Å². The van der Waals surface area contributed by atoms with E-state index in [1.54, 1.807) is 23.0 Å². The molecule has 4 heterocycles. The molecule has 1 N–H and O–H groups in total. The molecule has 0 spiro atoms. The van der Waals surface area contributed by atoms with E-state index in [2.05, 4.69) is 15.2 Å². The van der Waals surface area contributed by atoms with Crippen LogP contribution in [0, 0.1) is 12.8 Å². The van der Waals surface area contributed by atoms with Gasteiger partial charge in [-0.3, -0.25) is 19.5 Å². The summed E-state index contributed by atoms with van der Waals surface area (Å²) < 4.78 is 24.7. The third-order valence-electron chi connectivity index (χ3n) is 9.30. The Hall–Kier alpha value is -4.43. The van der Waals surface area contributed by atoms with Gasteiger partial charge in [0.1, 0.15) is 36.0 Å². The number of aromatic nitrogens is 3. The number of anilines is 1. The third-order valence-corrected chi connectivity index (χ3v) is 9.30. The average molecular weight is 724 g/mol. The summed E-state index contributed by atoms with van der Waals surface area (Å²) in [5.74, 6) is 0.318. The molecule has 0 atom stereocenters. The summed E-state index contributed by atoms with van der Waals surface area (Å²) in [4.78, 5) is 49.6. The van der Waals surface area contributed by atoms with Gasteiger partial charge < -0.3 is 34.1 Å². The van der Waals surface area contributed by atoms with Gasteiger partial charge in [-0.2, -0.15) is 5.10 Å². The maximum Gasteiger partial charge on any atom is 0.415 e. The number of carbonyl (C=O) groups is 3. The van der Waals surface area contributed by atoms with Crippen LogP contribution >= 0.6 is 0 Å². The molecule has 1 fully saturated rings. The first-order valence-corrected chi connectivity index (χ1v) is 18.1. The number of nitrogens with zero attached hydrogens (tertiary/aromatic N) is 6. The number of hydrogen-bond acceptors (Lipinski definition) is 11. The van der Waals surface area contributed by atoms with Crippen molar-refractivity contribution in [1.29, 1.82) is 0 Å². The SMILES string of the molecule is CC.COc1cc2c(cc1-n1nc(C(=O)NCCN3CCC(C(=O)OCC(C)(C)N(C)C)CC3)c3cnc(C)cc31)OCCN2C(=O)OC(C)(C)C. The van der Waals surface area contributed by atoms with Gasteiger partial charge in [0.25, 0.3) is 5.91 Å². The molecule has 0 saturated carbocycles. The second-order valence-electron chi connectivity index (χ2n) is 14.8. The Bertz CT molecular complexity index is 1720. The predicted octanol–water partition coefficient (Wildman–Crippen LogP) is 5.22. The number of esters is 1. The normalized spacial score (nSPS) is 15.3.